The summed E-state index contributed by atoms with van der Waals surface area (Å²) in [7, 11) is -9.93. The third-order valence-corrected chi connectivity index (χ3v) is 6.54. The molecule has 1 saturated carbocycles. The number of allylic oxidation sites excluding steroid dienone is 2. The van der Waals surface area contributed by atoms with E-state index in [9.17, 15) is 30.7 Å². The number of carbonyl (C=O) groups is 1. The maximum Gasteiger partial charge on any atom is 1.00 e. The molecule has 0 heterocycles. The molecule has 1 fully saturated rings. The molecule has 2 aromatic rings. The van der Waals surface area contributed by atoms with Gasteiger partial charge in [-0.2, -0.15) is 0 Å². The summed E-state index contributed by atoms with van der Waals surface area (Å²) in [5, 5.41) is 6.51. The number of azide groups is 2. The molecule has 0 aromatic heterocycles. The number of nitrogens with zero attached hydrogens (tertiary/aromatic N) is 6. The van der Waals surface area contributed by atoms with Crippen molar-refractivity contribution < 1.29 is 89.9 Å². The fourth-order valence-electron chi connectivity index (χ4n) is 3.30. The predicted octanol–water partition coefficient (Wildman–Crippen LogP) is -1.78. The van der Waals surface area contributed by atoms with Gasteiger partial charge in [-0.15, -0.1) is 0 Å². The van der Waals surface area contributed by atoms with Gasteiger partial charge in [-0.25, -0.2) is 16.8 Å². The summed E-state index contributed by atoms with van der Waals surface area (Å²) < 4.78 is 69.9. The van der Waals surface area contributed by atoms with Crippen molar-refractivity contribution in [1.29, 1.82) is 0 Å². The van der Waals surface area contributed by atoms with Crippen LogP contribution in [0.4, 0.5) is 11.4 Å². The number of hydrogen-bond donors (Lipinski definition) is 0. The van der Waals surface area contributed by atoms with E-state index in [2.05, 4.69) is 20.1 Å². The number of benzene rings is 2. The van der Waals surface area contributed by atoms with Crippen LogP contribution >= 0.6 is 0 Å². The molecule has 0 radical (unpaired) electrons. The molecule has 0 atom stereocenters. The van der Waals surface area contributed by atoms with Crippen molar-refractivity contribution in [2.75, 3.05) is 0 Å². The zero-order valence-corrected chi connectivity index (χ0v) is 24.5. The third kappa shape index (κ3) is 7.76. The van der Waals surface area contributed by atoms with Gasteiger partial charge in [0.25, 0.3) is 0 Å². The number of carbonyl (C=O) groups excluding carboxylic acids is 1. The van der Waals surface area contributed by atoms with Crippen LogP contribution in [0.5, 0.6) is 0 Å². The van der Waals surface area contributed by atoms with Crippen LogP contribution in [0, 0.1) is 0 Å². The number of hydrogen-bond acceptors (Lipinski definition) is 9. The van der Waals surface area contributed by atoms with E-state index >= 15 is 0 Å². The molecule has 174 valence electrons. The van der Waals surface area contributed by atoms with Crippen molar-refractivity contribution in [2.45, 2.75) is 22.6 Å². The van der Waals surface area contributed by atoms with Gasteiger partial charge in [-0.05, 0) is 59.3 Å². The molecular weight excluding hydrogens is 534 g/mol. The third-order valence-electron chi connectivity index (χ3n) is 4.76. The minimum Gasteiger partial charge on any atom is -0.744 e. The van der Waals surface area contributed by atoms with Crippen LogP contribution < -0.4 is 59.1 Å². The first-order chi connectivity index (χ1) is 15.9. The van der Waals surface area contributed by atoms with Crippen LogP contribution in [-0.4, -0.2) is 31.7 Å². The molecule has 0 bridgehead atoms. The van der Waals surface area contributed by atoms with Crippen LogP contribution in [0.3, 0.4) is 0 Å². The van der Waals surface area contributed by atoms with E-state index in [-0.39, 0.29) is 106 Å². The van der Waals surface area contributed by atoms with Crippen molar-refractivity contribution >= 4 is 49.5 Å². The van der Waals surface area contributed by atoms with Crippen molar-refractivity contribution in [3.8, 4) is 0 Å². The van der Waals surface area contributed by atoms with Gasteiger partial charge in [0.15, 0.2) is 5.78 Å². The van der Waals surface area contributed by atoms with Gasteiger partial charge in [0.2, 0.25) is 0 Å². The van der Waals surface area contributed by atoms with E-state index in [0.717, 1.165) is 12.1 Å². The summed E-state index contributed by atoms with van der Waals surface area (Å²) >= 11 is 0. The second-order valence-electron chi connectivity index (χ2n) is 6.90. The second kappa shape index (κ2) is 13.0. The van der Waals surface area contributed by atoms with Gasteiger partial charge in [0.05, 0.1) is 9.79 Å². The monoisotopic (exact) mass is 546 g/mol. The Bertz CT molecular complexity index is 1470. The van der Waals surface area contributed by atoms with Crippen LogP contribution in [0.15, 0.2) is 67.6 Å². The van der Waals surface area contributed by atoms with Gasteiger partial charge in [0.1, 0.15) is 20.2 Å². The SMILES string of the molecule is [N-]=[N+]=Nc1ccc(C=C2CCC(=Cc3ccc(N=[N+]=[N-])cc3S(=O)(=O)[O-])C2=O)c(S(=O)(=O)[O-])c1.[Na+].[Na+]. The zero-order chi connectivity index (χ0) is 25.1. The largest absolute Gasteiger partial charge is 1.00 e. The Hall–Kier alpha value is -1.97. The fourth-order valence-corrected chi connectivity index (χ4v) is 4.66. The Balaban J connectivity index is 0.00000324. The Morgan fingerprint density at radius 2 is 1.11 bits per heavy atom. The van der Waals surface area contributed by atoms with Crippen molar-refractivity contribution in [3.05, 3.63) is 79.6 Å². The smallest absolute Gasteiger partial charge is 0.744 e. The first-order valence-electron chi connectivity index (χ1n) is 9.20. The second-order valence-corrected chi connectivity index (χ2v) is 9.60. The molecule has 0 amide bonds. The van der Waals surface area contributed by atoms with Crippen LogP contribution in [0.1, 0.15) is 24.0 Å². The van der Waals surface area contributed by atoms with Crippen LogP contribution in [0.25, 0.3) is 33.0 Å². The minimum atomic E-state index is -4.97. The van der Waals surface area contributed by atoms with Crippen molar-refractivity contribution in [2.24, 2.45) is 10.2 Å². The summed E-state index contributed by atoms with van der Waals surface area (Å²) in [4.78, 5) is 16.5. The summed E-state index contributed by atoms with van der Waals surface area (Å²) in [6.45, 7) is 0. The van der Waals surface area contributed by atoms with Gasteiger partial charge in [-0.1, -0.05) is 34.5 Å². The number of ketones is 1. The topological polar surface area (TPSA) is 229 Å². The molecule has 0 aliphatic heterocycles. The number of rotatable bonds is 6. The summed E-state index contributed by atoms with van der Waals surface area (Å²) in [6, 6.07) is 6.75. The molecule has 17 heteroatoms. The average molecular weight is 546 g/mol. The molecule has 2 aromatic carbocycles. The van der Waals surface area contributed by atoms with Crippen LogP contribution in [0.2, 0.25) is 0 Å². The van der Waals surface area contributed by atoms with E-state index in [0.29, 0.717) is 0 Å². The maximum atomic E-state index is 12.9. The molecular formula is C19H12N6Na2O7S2. The van der Waals surface area contributed by atoms with Gasteiger partial charge >= 0.3 is 59.1 Å². The normalized spacial score (nSPS) is 15.4. The van der Waals surface area contributed by atoms with Crippen molar-refractivity contribution in [3.63, 3.8) is 0 Å². The standard InChI is InChI=1S/C19H14N6O7S2.2Na/c20-24-22-15-5-3-11(17(9-15)33(27,28)29)7-13-1-2-14(19(13)26)8-12-4-6-16(23-25-21)10-18(12)34(30,31)32;;/h3-10H,1-2H2,(H,27,28,29)(H,30,31,32);;/q;2*+1/p-2. The summed E-state index contributed by atoms with van der Waals surface area (Å²) in [6.07, 6.45) is 2.72. The van der Waals surface area contributed by atoms with Crippen LogP contribution in [-0.2, 0) is 25.0 Å². The molecule has 1 aliphatic carbocycles. The van der Waals surface area contributed by atoms with E-state index in [1.54, 1.807) is 0 Å². The maximum absolute atomic E-state index is 12.9. The molecule has 0 spiro atoms. The Kier molecular flexibility index (Phi) is 11.6. The van der Waals surface area contributed by atoms with Gasteiger partial charge < -0.3 is 9.11 Å². The molecule has 0 unspecified atom stereocenters. The van der Waals surface area contributed by atoms with E-state index in [4.69, 9.17) is 11.1 Å². The van der Waals surface area contributed by atoms with E-state index in [1.807, 2.05) is 0 Å². The Morgan fingerprint density at radius 3 is 1.42 bits per heavy atom. The molecule has 3 rings (SSSR count). The van der Waals surface area contributed by atoms with E-state index < -0.39 is 35.8 Å². The molecule has 0 N–H and O–H groups in total. The number of Topliss-reactive ketones (excluding diaryl/α,β-unsaturated/α-hetero) is 1. The van der Waals surface area contributed by atoms with Crippen molar-refractivity contribution in [1.82, 2.24) is 0 Å². The fraction of sp³-hybridized carbons (Fsp3) is 0.105. The molecule has 13 nitrogen and oxygen atoms in total. The first kappa shape index (κ1) is 32.1. The molecule has 1 aliphatic rings. The zero-order valence-electron chi connectivity index (χ0n) is 18.9. The van der Waals surface area contributed by atoms with Gasteiger partial charge in [0, 0.05) is 32.3 Å². The Morgan fingerprint density at radius 1 is 0.750 bits per heavy atom. The Labute approximate surface area is 249 Å². The molecule has 36 heavy (non-hydrogen) atoms. The minimum absolute atomic E-state index is 0. The molecule has 0 saturated heterocycles. The summed E-state index contributed by atoms with van der Waals surface area (Å²) in [5.74, 6) is -0.540. The average Bonchev–Trinajstić information content (AvgIpc) is 3.08. The quantitative estimate of drug-likeness (QED) is 0.101. The van der Waals surface area contributed by atoms with E-state index in [1.165, 1.54) is 36.4 Å². The van der Waals surface area contributed by atoms with Gasteiger partial charge in [-0.3, -0.25) is 4.79 Å². The predicted molar refractivity (Wildman–Crippen MR) is 117 cm³/mol. The first-order valence-corrected chi connectivity index (χ1v) is 12.0. The summed E-state index contributed by atoms with van der Waals surface area (Å²) in [5.41, 5.74) is 16.9.